The van der Waals surface area contributed by atoms with Crippen LogP contribution in [0.3, 0.4) is 0 Å². The molecule has 6 nitrogen and oxygen atoms in total. The predicted molar refractivity (Wildman–Crippen MR) is 141 cm³/mol. The van der Waals surface area contributed by atoms with Gasteiger partial charge in [-0.25, -0.2) is 9.37 Å². The van der Waals surface area contributed by atoms with Gasteiger partial charge in [0.2, 0.25) is 0 Å². The Balaban J connectivity index is 0.000000149. The van der Waals surface area contributed by atoms with Gasteiger partial charge in [0.25, 0.3) is 0 Å². The highest BCUT2D eigenvalue weighted by molar-refractivity contribution is 5.16. The summed E-state index contributed by atoms with van der Waals surface area (Å²) in [6, 6.07) is 1.59. The lowest BCUT2D eigenvalue weighted by Crippen LogP contribution is -2.60. The number of rotatable bonds is 6. The summed E-state index contributed by atoms with van der Waals surface area (Å²) in [5, 5.41) is 7.50. The van der Waals surface area contributed by atoms with Crippen molar-refractivity contribution in [1.29, 1.82) is 0 Å². The Morgan fingerprint density at radius 2 is 1.97 bits per heavy atom. The maximum absolute atomic E-state index is 13.8. The first kappa shape index (κ1) is 25.4. The topological polar surface area (TPSA) is 60.9 Å². The van der Waals surface area contributed by atoms with Crippen LogP contribution in [0.25, 0.3) is 0 Å². The lowest BCUT2D eigenvalue weighted by atomic mass is 9.57. The van der Waals surface area contributed by atoms with Crippen LogP contribution in [0.15, 0.2) is 25.0 Å². The van der Waals surface area contributed by atoms with Crippen molar-refractivity contribution in [2.75, 3.05) is 33.2 Å². The molecule has 2 saturated heterocycles. The van der Waals surface area contributed by atoms with Gasteiger partial charge < -0.3 is 9.80 Å². The lowest BCUT2D eigenvalue weighted by molar-refractivity contribution is -0.0601. The third-order valence-electron chi connectivity index (χ3n) is 9.21. The van der Waals surface area contributed by atoms with E-state index in [-0.39, 0.29) is 5.82 Å². The molecule has 2 atom stereocenters. The van der Waals surface area contributed by atoms with E-state index >= 15 is 0 Å². The van der Waals surface area contributed by atoms with E-state index < -0.39 is 0 Å². The van der Waals surface area contributed by atoms with Crippen LogP contribution in [0, 0.1) is 29.5 Å². The van der Waals surface area contributed by atoms with Crippen LogP contribution in [-0.4, -0.2) is 63.2 Å². The molecule has 1 N–H and O–H groups in total. The fourth-order valence-electron chi connectivity index (χ4n) is 7.13. The molecule has 196 valence electrons. The molecule has 4 heterocycles. The summed E-state index contributed by atoms with van der Waals surface area (Å²) in [5.74, 6) is 3.69. The predicted octanol–water partition coefficient (Wildman–Crippen LogP) is 5.44. The van der Waals surface area contributed by atoms with Crippen molar-refractivity contribution in [3.05, 3.63) is 53.8 Å². The maximum atomic E-state index is 13.8. The number of H-pyrrole nitrogens is 1. The second kappa shape index (κ2) is 9.88. The Kier molecular flexibility index (Phi) is 6.96. The molecule has 2 saturated carbocycles. The molecule has 2 unspecified atom stereocenters. The molecule has 36 heavy (non-hydrogen) atoms. The van der Waals surface area contributed by atoms with E-state index in [9.17, 15) is 4.39 Å². The molecule has 2 spiro atoms. The maximum Gasteiger partial charge on any atom is 0.153 e. The van der Waals surface area contributed by atoms with Crippen LogP contribution in [0.1, 0.15) is 87.1 Å². The first-order chi connectivity index (χ1) is 17.2. The van der Waals surface area contributed by atoms with Gasteiger partial charge in [-0.2, -0.15) is 5.10 Å². The Bertz CT molecular complexity index is 1060. The highest BCUT2D eigenvalue weighted by Gasteiger charge is 2.52. The van der Waals surface area contributed by atoms with Crippen LogP contribution >= 0.6 is 0 Å². The number of aryl methyl sites for hydroxylation is 1. The number of nitrogens with zero attached hydrogens (tertiary/aromatic N) is 5. The standard InChI is InChI=1S/C16H21FN2.C13H22N4/c1-3-19-10-16(11-19)5-4-13(8-16)7-15-14(17)6-12(2)9-18-15;1-4-9(2)11-14-12(16-15-11)10-5-13(6-10)7-17(3)8-13/h3,6,9,13H,1,4-5,7-8,10-11H2,2H3;9-10H,4-8H2,1-3H3,(H,14,15,16). The minimum absolute atomic E-state index is 0.137. The largest absolute Gasteiger partial charge is 0.377 e. The molecular formula is C29H43FN6. The van der Waals surface area contributed by atoms with E-state index in [2.05, 4.69) is 57.4 Å². The Morgan fingerprint density at radius 1 is 1.22 bits per heavy atom. The zero-order valence-corrected chi connectivity index (χ0v) is 22.6. The van der Waals surface area contributed by atoms with Crippen LogP contribution < -0.4 is 0 Å². The minimum Gasteiger partial charge on any atom is -0.377 e. The molecular weight excluding hydrogens is 451 g/mol. The van der Waals surface area contributed by atoms with Gasteiger partial charge in [-0.05, 0) is 88.1 Å². The highest BCUT2D eigenvalue weighted by atomic mass is 19.1. The molecule has 0 amide bonds. The average Bonchev–Trinajstić information content (AvgIpc) is 3.44. The summed E-state index contributed by atoms with van der Waals surface area (Å²) >= 11 is 0. The van der Waals surface area contributed by atoms with Gasteiger partial charge in [0.05, 0.1) is 5.69 Å². The van der Waals surface area contributed by atoms with Crippen molar-refractivity contribution in [3.8, 4) is 0 Å². The van der Waals surface area contributed by atoms with Crippen LogP contribution in [0.5, 0.6) is 0 Å². The van der Waals surface area contributed by atoms with E-state index in [4.69, 9.17) is 0 Å². The van der Waals surface area contributed by atoms with Crippen molar-refractivity contribution in [3.63, 3.8) is 0 Å². The molecule has 2 aromatic heterocycles. The Labute approximate surface area is 215 Å². The molecule has 2 aliphatic heterocycles. The molecule has 4 aliphatic rings. The molecule has 7 heteroatoms. The van der Waals surface area contributed by atoms with Crippen LogP contribution in [0.2, 0.25) is 0 Å². The molecule has 2 aromatic rings. The summed E-state index contributed by atoms with van der Waals surface area (Å²) in [6.07, 6.45) is 11.9. The van der Waals surface area contributed by atoms with Gasteiger partial charge in [-0.15, -0.1) is 0 Å². The highest BCUT2D eigenvalue weighted by Crippen LogP contribution is 2.55. The van der Waals surface area contributed by atoms with Gasteiger partial charge in [0.15, 0.2) is 5.82 Å². The van der Waals surface area contributed by atoms with E-state index in [1.54, 1.807) is 12.3 Å². The van der Waals surface area contributed by atoms with Crippen molar-refractivity contribution >= 4 is 0 Å². The number of hydrogen-bond donors (Lipinski definition) is 1. The summed E-state index contributed by atoms with van der Waals surface area (Å²) in [7, 11) is 2.20. The number of aromatic nitrogens is 4. The van der Waals surface area contributed by atoms with Crippen LogP contribution in [0.4, 0.5) is 4.39 Å². The summed E-state index contributed by atoms with van der Waals surface area (Å²) in [5.41, 5.74) is 2.65. The fraction of sp³-hybridized carbons (Fsp3) is 0.690. The molecule has 2 aliphatic carbocycles. The molecule has 6 rings (SSSR count). The Morgan fingerprint density at radius 3 is 2.61 bits per heavy atom. The second-order valence-electron chi connectivity index (χ2n) is 12.5. The second-order valence-corrected chi connectivity index (χ2v) is 12.5. The normalized spacial score (nSPS) is 25.0. The van der Waals surface area contributed by atoms with E-state index in [1.165, 1.54) is 45.2 Å². The molecule has 0 aromatic carbocycles. The van der Waals surface area contributed by atoms with E-state index in [0.717, 1.165) is 43.1 Å². The van der Waals surface area contributed by atoms with Crippen LogP contribution in [-0.2, 0) is 6.42 Å². The number of pyridine rings is 1. The third-order valence-corrected chi connectivity index (χ3v) is 9.21. The number of nitrogens with one attached hydrogen (secondary N) is 1. The van der Waals surface area contributed by atoms with Crippen molar-refractivity contribution in [1.82, 2.24) is 30.0 Å². The van der Waals surface area contributed by atoms with Gasteiger partial charge in [0.1, 0.15) is 11.6 Å². The van der Waals surface area contributed by atoms with Gasteiger partial charge >= 0.3 is 0 Å². The summed E-state index contributed by atoms with van der Waals surface area (Å²) < 4.78 is 13.8. The summed E-state index contributed by atoms with van der Waals surface area (Å²) in [4.78, 5) is 13.6. The average molecular weight is 495 g/mol. The number of likely N-dealkylation sites (tertiary alicyclic amines) is 2. The molecule has 4 fully saturated rings. The SMILES string of the molecule is C=CN1CC2(CCC(Cc3ncc(C)cc3F)C2)C1.CCC(C)c1n[nH]c(C2CC3(C2)CN(C)C3)n1. The van der Waals surface area contributed by atoms with E-state index in [0.29, 0.717) is 34.3 Å². The van der Waals surface area contributed by atoms with Gasteiger partial charge in [-0.3, -0.25) is 10.1 Å². The zero-order valence-electron chi connectivity index (χ0n) is 22.6. The monoisotopic (exact) mass is 494 g/mol. The van der Waals surface area contributed by atoms with Crippen molar-refractivity contribution in [2.24, 2.45) is 16.7 Å². The van der Waals surface area contributed by atoms with E-state index in [1.807, 2.05) is 13.1 Å². The van der Waals surface area contributed by atoms with Crippen molar-refractivity contribution < 1.29 is 4.39 Å². The first-order valence-corrected chi connectivity index (χ1v) is 13.8. The van der Waals surface area contributed by atoms with Gasteiger partial charge in [0, 0.05) is 49.6 Å². The molecule has 0 radical (unpaired) electrons. The fourth-order valence-corrected chi connectivity index (χ4v) is 7.13. The summed E-state index contributed by atoms with van der Waals surface area (Å²) in [6.45, 7) is 14.9. The quantitative estimate of drug-likeness (QED) is 0.579. The third kappa shape index (κ3) is 5.09. The van der Waals surface area contributed by atoms with Crippen molar-refractivity contribution in [2.45, 2.75) is 77.6 Å². The lowest BCUT2D eigenvalue weighted by Gasteiger charge is -2.57. The molecule has 0 bridgehead atoms. The first-order valence-electron chi connectivity index (χ1n) is 13.8. The zero-order chi connectivity index (χ0) is 25.5. The van der Waals surface area contributed by atoms with Gasteiger partial charge in [-0.1, -0.05) is 20.4 Å². The number of hydrogen-bond acceptors (Lipinski definition) is 5. The Hall–Kier alpha value is -2.28. The smallest absolute Gasteiger partial charge is 0.153 e. The number of halogens is 1. The number of aromatic amines is 1. The minimum atomic E-state index is -0.137.